The molecule has 0 aliphatic heterocycles. The number of nitrogens with one attached hydrogen (secondary N) is 2. The molecule has 0 radical (unpaired) electrons. The van der Waals surface area contributed by atoms with Crippen LogP contribution in [0.15, 0.2) is 24.5 Å². The van der Waals surface area contributed by atoms with Gasteiger partial charge in [0.1, 0.15) is 18.0 Å². The topological polar surface area (TPSA) is 93.0 Å². The van der Waals surface area contributed by atoms with Crippen LogP contribution in [0.2, 0.25) is 0 Å². The van der Waals surface area contributed by atoms with Gasteiger partial charge in [-0.05, 0) is 32.9 Å². The van der Waals surface area contributed by atoms with Crippen LogP contribution in [0.5, 0.6) is 0 Å². The van der Waals surface area contributed by atoms with E-state index in [9.17, 15) is 18.9 Å². The first-order chi connectivity index (χ1) is 10.7. The molecule has 9 heteroatoms. The normalized spacial score (nSPS) is 11.2. The zero-order valence-corrected chi connectivity index (χ0v) is 12.7. The first-order valence-corrected chi connectivity index (χ1v) is 6.67. The summed E-state index contributed by atoms with van der Waals surface area (Å²) in [6.45, 7) is 5.43. The smallest absolute Gasteiger partial charge is 0.353 e. The van der Waals surface area contributed by atoms with Gasteiger partial charge in [0.15, 0.2) is 0 Å². The maximum Gasteiger partial charge on any atom is 0.353 e. The van der Waals surface area contributed by atoms with Crippen molar-refractivity contribution in [3.05, 3.63) is 46.3 Å². The van der Waals surface area contributed by atoms with Gasteiger partial charge in [-0.2, -0.15) is 0 Å². The minimum atomic E-state index is -0.886. The molecule has 0 saturated heterocycles. The van der Waals surface area contributed by atoms with Crippen molar-refractivity contribution in [1.29, 1.82) is 0 Å². The molecule has 0 bridgehead atoms. The van der Waals surface area contributed by atoms with E-state index in [1.165, 1.54) is 0 Å². The first kappa shape index (κ1) is 16.5. The summed E-state index contributed by atoms with van der Waals surface area (Å²) in [5, 5.41) is 16.7. The van der Waals surface area contributed by atoms with Crippen molar-refractivity contribution in [3.63, 3.8) is 0 Å². The molecule has 0 aliphatic carbocycles. The van der Waals surface area contributed by atoms with Crippen molar-refractivity contribution < 1.29 is 13.7 Å². The Morgan fingerprint density at radius 1 is 1.17 bits per heavy atom. The molecule has 0 aliphatic rings. The molecular formula is C14H15F2N5O2. The largest absolute Gasteiger partial charge is 0.360 e. The van der Waals surface area contributed by atoms with Crippen molar-refractivity contribution in [2.24, 2.45) is 0 Å². The Morgan fingerprint density at radius 3 is 2.39 bits per heavy atom. The third-order valence-electron chi connectivity index (χ3n) is 2.68. The highest BCUT2D eigenvalue weighted by Gasteiger charge is 2.26. The number of rotatable bonds is 4. The van der Waals surface area contributed by atoms with Gasteiger partial charge in [-0.3, -0.25) is 10.1 Å². The van der Waals surface area contributed by atoms with Crippen LogP contribution in [0.3, 0.4) is 0 Å². The maximum atomic E-state index is 13.7. The van der Waals surface area contributed by atoms with Crippen molar-refractivity contribution in [2.45, 2.75) is 26.3 Å². The highest BCUT2D eigenvalue weighted by molar-refractivity contribution is 5.74. The van der Waals surface area contributed by atoms with Crippen LogP contribution >= 0.6 is 0 Å². The molecule has 2 rings (SSSR count). The van der Waals surface area contributed by atoms with Crippen molar-refractivity contribution in [3.8, 4) is 0 Å². The second kappa shape index (κ2) is 6.11. The number of benzene rings is 1. The number of nitrogens with zero attached hydrogens (tertiary/aromatic N) is 3. The Hall–Kier alpha value is -2.84. The number of anilines is 3. The summed E-state index contributed by atoms with van der Waals surface area (Å²) in [4.78, 5) is 18.3. The molecule has 0 saturated carbocycles. The lowest BCUT2D eigenvalue weighted by Crippen LogP contribution is -2.27. The maximum absolute atomic E-state index is 13.7. The minimum absolute atomic E-state index is 0.00233. The fourth-order valence-corrected chi connectivity index (χ4v) is 1.81. The fraction of sp³-hybridized carbons (Fsp3) is 0.286. The van der Waals surface area contributed by atoms with E-state index in [2.05, 4.69) is 20.6 Å². The molecule has 7 nitrogen and oxygen atoms in total. The number of hydrogen-bond acceptors (Lipinski definition) is 6. The van der Waals surface area contributed by atoms with Gasteiger partial charge in [0.25, 0.3) is 0 Å². The van der Waals surface area contributed by atoms with Gasteiger partial charge in [0.2, 0.25) is 11.6 Å². The van der Waals surface area contributed by atoms with Crippen molar-refractivity contribution >= 4 is 23.0 Å². The second-order valence-corrected chi connectivity index (χ2v) is 5.80. The molecule has 0 amide bonds. The summed E-state index contributed by atoms with van der Waals surface area (Å²) in [7, 11) is 0. The van der Waals surface area contributed by atoms with Gasteiger partial charge in [-0.15, -0.1) is 0 Å². The highest BCUT2D eigenvalue weighted by Crippen LogP contribution is 2.33. The Bertz CT molecular complexity index is 746. The van der Waals surface area contributed by atoms with Gasteiger partial charge in [0.05, 0.1) is 10.6 Å². The van der Waals surface area contributed by atoms with E-state index < -0.39 is 27.8 Å². The van der Waals surface area contributed by atoms with E-state index in [4.69, 9.17) is 0 Å². The summed E-state index contributed by atoms with van der Waals surface area (Å²) in [5.74, 6) is -1.83. The van der Waals surface area contributed by atoms with Crippen molar-refractivity contribution in [1.82, 2.24) is 9.97 Å². The molecule has 2 aromatic rings. The molecule has 2 N–H and O–H groups in total. The highest BCUT2D eigenvalue weighted by atomic mass is 19.1. The zero-order valence-electron chi connectivity index (χ0n) is 12.7. The minimum Gasteiger partial charge on any atom is -0.360 e. The Balaban J connectivity index is 2.46. The molecule has 0 atom stereocenters. The predicted molar refractivity (Wildman–Crippen MR) is 81.7 cm³/mol. The second-order valence-electron chi connectivity index (χ2n) is 5.80. The lowest BCUT2D eigenvalue weighted by molar-refractivity contribution is -0.383. The molecule has 122 valence electrons. The molecule has 0 fully saturated rings. The average Bonchev–Trinajstić information content (AvgIpc) is 2.40. The van der Waals surface area contributed by atoms with Gasteiger partial charge in [0, 0.05) is 11.6 Å². The number of nitro groups is 1. The third kappa shape index (κ3) is 4.09. The van der Waals surface area contributed by atoms with E-state index in [-0.39, 0.29) is 17.3 Å². The molecule has 0 spiro atoms. The summed E-state index contributed by atoms with van der Waals surface area (Å²) < 4.78 is 26.6. The summed E-state index contributed by atoms with van der Waals surface area (Å²) >= 11 is 0. The molecular weight excluding hydrogens is 308 g/mol. The standard InChI is InChI=1S/C14H15F2N5O2/c1-14(2,3)20-13-11(21(22)23)12(17-7-18-13)19-10-5-4-8(15)6-9(10)16/h4-7H,1-3H3,(H2,17,18,19,20). The van der Waals surface area contributed by atoms with E-state index in [0.29, 0.717) is 6.07 Å². The van der Waals surface area contributed by atoms with E-state index in [1.54, 1.807) is 0 Å². The van der Waals surface area contributed by atoms with Crippen LogP contribution < -0.4 is 10.6 Å². The van der Waals surface area contributed by atoms with Crippen molar-refractivity contribution in [2.75, 3.05) is 10.6 Å². The molecule has 1 heterocycles. The summed E-state index contributed by atoms with van der Waals surface area (Å²) in [6, 6.07) is 2.84. The van der Waals surface area contributed by atoms with Gasteiger partial charge >= 0.3 is 5.69 Å². The average molecular weight is 323 g/mol. The lowest BCUT2D eigenvalue weighted by atomic mass is 10.1. The monoisotopic (exact) mass is 323 g/mol. The number of hydrogen-bond donors (Lipinski definition) is 2. The van der Waals surface area contributed by atoms with Crippen LogP contribution in [0.1, 0.15) is 20.8 Å². The fourth-order valence-electron chi connectivity index (χ4n) is 1.81. The van der Waals surface area contributed by atoms with Gasteiger partial charge in [-0.1, -0.05) is 0 Å². The van der Waals surface area contributed by atoms with Crippen LogP contribution in [0.4, 0.5) is 31.8 Å². The number of aromatic nitrogens is 2. The van der Waals surface area contributed by atoms with E-state index >= 15 is 0 Å². The van der Waals surface area contributed by atoms with Gasteiger partial charge < -0.3 is 10.6 Å². The van der Waals surface area contributed by atoms with E-state index in [1.807, 2.05) is 20.8 Å². The SMILES string of the molecule is CC(C)(C)Nc1ncnc(Nc2ccc(F)cc2F)c1[N+](=O)[O-]. The molecule has 0 unspecified atom stereocenters. The summed E-state index contributed by atoms with van der Waals surface area (Å²) in [6.07, 6.45) is 1.12. The van der Waals surface area contributed by atoms with Crippen LogP contribution in [-0.2, 0) is 0 Å². The predicted octanol–water partition coefficient (Wildman–Crippen LogP) is 3.62. The van der Waals surface area contributed by atoms with Gasteiger partial charge in [-0.25, -0.2) is 18.7 Å². The number of halogens is 2. The Kier molecular flexibility index (Phi) is 4.39. The Labute approximate surface area is 130 Å². The van der Waals surface area contributed by atoms with E-state index in [0.717, 1.165) is 18.5 Å². The summed E-state index contributed by atoms with van der Waals surface area (Å²) in [5.41, 5.74) is -1.03. The molecule has 1 aromatic heterocycles. The lowest BCUT2D eigenvalue weighted by Gasteiger charge is -2.21. The zero-order chi connectivity index (χ0) is 17.2. The Morgan fingerprint density at radius 2 is 1.83 bits per heavy atom. The van der Waals surface area contributed by atoms with Crippen LogP contribution in [-0.4, -0.2) is 20.4 Å². The molecule has 1 aromatic carbocycles. The van der Waals surface area contributed by atoms with Crippen LogP contribution in [0, 0.1) is 21.7 Å². The molecule has 23 heavy (non-hydrogen) atoms. The van der Waals surface area contributed by atoms with Crippen LogP contribution in [0.25, 0.3) is 0 Å². The first-order valence-electron chi connectivity index (χ1n) is 6.67. The third-order valence-corrected chi connectivity index (χ3v) is 2.68. The quantitative estimate of drug-likeness (QED) is 0.659.